The van der Waals surface area contributed by atoms with Crippen LogP contribution in [0.2, 0.25) is 0 Å². The number of carboxylic acids is 1. The maximum Gasteiger partial charge on any atom is 0.322 e. The molecular weight excluding hydrogens is 298 g/mol. The summed E-state index contributed by atoms with van der Waals surface area (Å²) in [7, 11) is 0. The largest absolute Gasteiger partial charge is 0.508 e. The van der Waals surface area contributed by atoms with Crippen molar-refractivity contribution in [3.63, 3.8) is 0 Å². The number of aromatic hydroxyl groups is 1. The number of nitrogens with one attached hydrogen (secondary N) is 1. The number of carbonyl (C=O) groups excluding carboxylic acids is 1. The Balaban J connectivity index is 2.30. The third kappa shape index (κ3) is 4.74. The zero-order chi connectivity index (χ0) is 16.8. The molecule has 0 atom stereocenters. The van der Waals surface area contributed by atoms with Crippen molar-refractivity contribution in [2.45, 2.75) is 13.3 Å². The third-order valence-corrected chi connectivity index (χ3v) is 3.13. The summed E-state index contributed by atoms with van der Waals surface area (Å²) in [4.78, 5) is 21.9. The number of carbonyl (C=O) groups is 2. The van der Waals surface area contributed by atoms with Crippen molar-refractivity contribution in [2.75, 3.05) is 11.9 Å². The lowest BCUT2D eigenvalue weighted by Crippen LogP contribution is -2.13. The minimum Gasteiger partial charge on any atom is -0.508 e. The number of hydrogen-bond acceptors (Lipinski definition) is 5. The average molecular weight is 315 g/mol. The van der Waals surface area contributed by atoms with Gasteiger partial charge in [-0.2, -0.15) is 0 Å². The first-order valence-electron chi connectivity index (χ1n) is 6.99. The minimum atomic E-state index is -0.982. The molecule has 0 fully saturated rings. The van der Waals surface area contributed by atoms with Gasteiger partial charge in [0.25, 0.3) is 0 Å². The Kier molecular flexibility index (Phi) is 5.19. The van der Waals surface area contributed by atoms with Crippen LogP contribution in [0.5, 0.6) is 11.5 Å². The van der Waals surface area contributed by atoms with Crippen LogP contribution in [0.25, 0.3) is 0 Å². The van der Waals surface area contributed by atoms with E-state index in [0.29, 0.717) is 23.4 Å². The minimum absolute atomic E-state index is 0.0749. The zero-order valence-corrected chi connectivity index (χ0v) is 12.6. The van der Waals surface area contributed by atoms with Crippen molar-refractivity contribution in [3.05, 3.63) is 53.6 Å². The van der Waals surface area contributed by atoms with Gasteiger partial charge in [0.1, 0.15) is 18.0 Å². The van der Waals surface area contributed by atoms with Crippen LogP contribution in [-0.2, 0) is 16.0 Å². The molecule has 0 aliphatic carbocycles. The fraction of sp³-hybridized carbons (Fsp3) is 0.176. The summed E-state index contributed by atoms with van der Waals surface area (Å²) in [6.45, 7) is 1.09. The van der Waals surface area contributed by atoms with Crippen molar-refractivity contribution in [2.24, 2.45) is 0 Å². The summed E-state index contributed by atoms with van der Waals surface area (Å²) in [5, 5.41) is 21.3. The van der Waals surface area contributed by atoms with Gasteiger partial charge in [-0.25, -0.2) is 0 Å². The second kappa shape index (κ2) is 7.31. The van der Waals surface area contributed by atoms with Gasteiger partial charge in [0.2, 0.25) is 0 Å². The maximum atomic E-state index is 11.2. The number of aliphatic carboxylic acids is 1. The van der Waals surface area contributed by atoms with E-state index in [0.717, 1.165) is 5.56 Å². The molecule has 2 aromatic rings. The highest BCUT2D eigenvalue weighted by atomic mass is 16.5. The van der Waals surface area contributed by atoms with Crippen LogP contribution in [0.3, 0.4) is 0 Å². The second-order valence-electron chi connectivity index (χ2n) is 4.97. The Bertz CT molecular complexity index is 727. The van der Waals surface area contributed by atoms with Crippen LogP contribution in [-0.4, -0.2) is 28.7 Å². The Hall–Kier alpha value is -3.02. The van der Waals surface area contributed by atoms with E-state index in [9.17, 15) is 14.7 Å². The first-order chi connectivity index (χ1) is 11.0. The Morgan fingerprint density at radius 1 is 1.13 bits per heavy atom. The fourth-order valence-electron chi connectivity index (χ4n) is 2.18. The van der Waals surface area contributed by atoms with Crippen LogP contribution in [0, 0.1) is 0 Å². The molecule has 0 radical (unpaired) electrons. The van der Waals surface area contributed by atoms with Crippen molar-refractivity contribution in [1.82, 2.24) is 0 Å². The molecule has 120 valence electrons. The molecule has 6 nitrogen and oxygen atoms in total. The van der Waals surface area contributed by atoms with Gasteiger partial charge in [-0.05, 0) is 35.4 Å². The lowest BCUT2D eigenvalue weighted by Gasteiger charge is -2.13. The normalized spacial score (nSPS) is 10.1. The first kappa shape index (κ1) is 16.4. The van der Waals surface area contributed by atoms with Gasteiger partial charge in [0, 0.05) is 19.0 Å². The second-order valence-corrected chi connectivity index (χ2v) is 4.97. The lowest BCUT2D eigenvalue weighted by atomic mass is 10.0. The maximum absolute atomic E-state index is 11.2. The van der Waals surface area contributed by atoms with Gasteiger partial charge in [0.05, 0.1) is 0 Å². The molecule has 0 amide bonds. The number of rotatable bonds is 6. The van der Waals surface area contributed by atoms with E-state index >= 15 is 0 Å². The van der Waals surface area contributed by atoms with E-state index in [1.54, 1.807) is 24.3 Å². The molecule has 0 aliphatic rings. The quantitative estimate of drug-likeness (QED) is 0.430. The molecule has 0 spiro atoms. The molecule has 6 heteroatoms. The monoisotopic (exact) mass is 315 g/mol. The van der Waals surface area contributed by atoms with E-state index in [1.807, 2.05) is 12.1 Å². The molecule has 2 aromatic carbocycles. The number of esters is 1. The summed E-state index contributed by atoms with van der Waals surface area (Å²) in [5.74, 6) is -0.889. The molecule has 0 saturated carbocycles. The molecule has 2 rings (SSSR count). The highest BCUT2D eigenvalue weighted by Crippen LogP contribution is 2.28. The molecular formula is C17H17NO5. The smallest absolute Gasteiger partial charge is 0.322 e. The van der Waals surface area contributed by atoms with Crippen molar-refractivity contribution < 1.29 is 24.5 Å². The zero-order valence-electron chi connectivity index (χ0n) is 12.6. The van der Waals surface area contributed by atoms with Gasteiger partial charge >= 0.3 is 11.9 Å². The standard InChI is InChI=1S/C17H17NO5/c1-11(19)23-16-5-3-2-4-12(16)8-13-9-14(20)6-7-15(13)18-10-17(21)22/h2-7,9,18,20H,8,10H2,1H3,(H,21,22). The molecule has 23 heavy (non-hydrogen) atoms. The molecule has 0 aromatic heterocycles. The summed E-state index contributed by atoms with van der Waals surface area (Å²) in [5.41, 5.74) is 2.06. The molecule has 0 heterocycles. The lowest BCUT2D eigenvalue weighted by molar-refractivity contribution is -0.135. The number of hydrogen-bond donors (Lipinski definition) is 3. The van der Waals surface area contributed by atoms with Crippen LogP contribution in [0.1, 0.15) is 18.1 Å². The first-order valence-corrected chi connectivity index (χ1v) is 6.99. The van der Waals surface area contributed by atoms with Crippen LogP contribution in [0.4, 0.5) is 5.69 Å². The van der Waals surface area contributed by atoms with Crippen LogP contribution >= 0.6 is 0 Å². The number of phenols is 1. The van der Waals surface area contributed by atoms with Crippen LogP contribution < -0.4 is 10.1 Å². The van der Waals surface area contributed by atoms with Crippen molar-refractivity contribution in [3.8, 4) is 11.5 Å². The van der Waals surface area contributed by atoms with Gasteiger partial charge in [-0.15, -0.1) is 0 Å². The molecule has 0 saturated heterocycles. The van der Waals surface area contributed by atoms with Crippen molar-refractivity contribution in [1.29, 1.82) is 0 Å². The van der Waals surface area contributed by atoms with E-state index < -0.39 is 11.9 Å². The highest BCUT2D eigenvalue weighted by Gasteiger charge is 2.11. The SMILES string of the molecule is CC(=O)Oc1ccccc1Cc1cc(O)ccc1NCC(=O)O. The Morgan fingerprint density at radius 2 is 1.87 bits per heavy atom. The van der Waals surface area contributed by atoms with Gasteiger partial charge in [-0.3, -0.25) is 9.59 Å². The predicted molar refractivity (Wildman–Crippen MR) is 84.8 cm³/mol. The number of ether oxygens (including phenoxy) is 1. The highest BCUT2D eigenvalue weighted by molar-refractivity contribution is 5.74. The number of para-hydroxylation sites is 1. The number of carboxylic acid groups (broad SMARTS) is 1. The Labute approximate surface area is 133 Å². The molecule has 0 unspecified atom stereocenters. The summed E-state index contributed by atoms with van der Waals surface area (Å²) in [6, 6.07) is 11.7. The molecule has 0 bridgehead atoms. The average Bonchev–Trinajstić information content (AvgIpc) is 2.48. The van der Waals surface area contributed by atoms with E-state index in [-0.39, 0.29) is 12.3 Å². The number of anilines is 1. The third-order valence-electron chi connectivity index (χ3n) is 3.13. The predicted octanol–water partition coefficient (Wildman–Crippen LogP) is 2.40. The summed E-state index contributed by atoms with van der Waals surface area (Å²) >= 11 is 0. The molecule has 3 N–H and O–H groups in total. The van der Waals surface area contributed by atoms with Gasteiger partial charge in [-0.1, -0.05) is 18.2 Å². The van der Waals surface area contributed by atoms with E-state index in [2.05, 4.69) is 5.32 Å². The summed E-state index contributed by atoms with van der Waals surface area (Å²) in [6.07, 6.45) is 0.375. The van der Waals surface area contributed by atoms with Crippen molar-refractivity contribution >= 4 is 17.6 Å². The molecule has 0 aliphatic heterocycles. The van der Waals surface area contributed by atoms with E-state index in [1.165, 1.54) is 13.0 Å². The number of phenolic OH excluding ortho intramolecular Hbond substituents is 1. The Morgan fingerprint density at radius 3 is 2.57 bits per heavy atom. The van der Waals surface area contributed by atoms with Crippen LogP contribution in [0.15, 0.2) is 42.5 Å². The summed E-state index contributed by atoms with van der Waals surface area (Å²) < 4.78 is 5.17. The van der Waals surface area contributed by atoms with Gasteiger partial charge in [0.15, 0.2) is 0 Å². The fourth-order valence-corrected chi connectivity index (χ4v) is 2.18. The topological polar surface area (TPSA) is 95.9 Å². The van der Waals surface area contributed by atoms with E-state index in [4.69, 9.17) is 9.84 Å². The van der Waals surface area contributed by atoms with Gasteiger partial charge < -0.3 is 20.3 Å². The number of benzene rings is 2.